The topological polar surface area (TPSA) is 37.8 Å². The highest BCUT2D eigenvalue weighted by Crippen LogP contribution is 2.23. The number of rotatable bonds is 2. The molecule has 1 aliphatic rings. The van der Waals surface area contributed by atoms with Crippen LogP contribution in [0.15, 0.2) is 12.3 Å². The number of halogens is 2. The maximum Gasteiger partial charge on any atom is 0.224 e. The third-order valence-electron chi connectivity index (χ3n) is 2.62. The second kappa shape index (κ2) is 4.75. The zero-order valence-corrected chi connectivity index (χ0v) is 9.04. The molecular weight excluding hydrogens is 217 g/mol. The highest BCUT2D eigenvalue weighted by molar-refractivity contribution is 6.29. The summed E-state index contributed by atoms with van der Waals surface area (Å²) in [4.78, 5) is 7.97. The van der Waals surface area contributed by atoms with Crippen molar-refractivity contribution >= 4 is 17.5 Å². The molecule has 1 N–H and O–H groups in total. The summed E-state index contributed by atoms with van der Waals surface area (Å²) < 4.78 is 13.5. The number of hydrogen-bond donors (Lipinski definition) is 1. The van der Waals surface area contributed by atoms with E-state index in [9.17, 15) is 4.39 Å². The highest BCUT2D eigenvalue weighted by Gasteiger charge is 2.24. The summed E-state index contributed by atoms with van der Waals surface area (Å²) in [5.41, 5.74) is 0. The van der Waals surface area contributed by atoms with Gasteiger partial charge in [-0.2, -0.15) is 0 Å². The van der Waals surface area contributed by atoms with E-state index in [-0.39, 0.29) is 6.04 Å². The van der Waals surface area contributed by atoms with Crippen LogP contribution in [0, 0.1) is 0 Å². The van der Waals surface area contributed by atoms with E-state index in [4.69, 9.17) is 11.6 Å². The predicted molar refractivity (Wildman–Crippen MR) is 57.8 cm³/mol. The third kappa shape index (κ3) is 2.78. The van der Waals surface area contributed by atoms with Crippen LogP contribution in [0.4, 0.5) is 10.3 Å². The lowest BCUT2D eigenvalue weighted by Gasteiger charge is -2.26. The Bertz CT molecular complexity index is 334. The molecule has 1 aromatic rings. The van der Waals surface area contributed by atoms with Gasteiger partial charge in [-0.15, -0.1) is 0 Å². The number of hydrogen-bond acceptors (Lipinski definition) is 3. The third-order valence-corrected chi connectivity index (χ3v) is 2.83. The lowest BCUT2D eigenvalue weighted by Crippen LogP contribution is -2.34. The first-order valence-electron chi connectivity index (χ1n) is 5.15. The van der Waals surface area contributed by atoms with Crippen LogP contribution in [-0.4, -0.2) is 22.2 Å². The van der Waals surface area contributed by atoms with Crippen LogP contribution in [0.2, 0.25) is 5.15 Å². The Kier molecular flexibility index (Phi) is 3.36. The summed E-state index contributed by atoms with van der Waals surface area (Å²) in [6.07, 6.45) is 4.23. The van der Waals surface area contributed by atoms with Gasteiger partial charge in [0.1, 0.15) is 11.3 Å². The van der Waals surface area contributed by atoms with Crippen LogP contribution < -0.4 is 5.32 Å². The van der Waals surface area contributed by atoms with E-state index in [2.05, 4.69) is 15.3 Å². The number of aromatic nitrogens is 2. The zero-order valence-electron chi connectivity index (χ0n) is 8.29. The van der Waals surface area contributed by atoms with Crippen molar-refractivity contribution in [2.24, 2.45) is 0 Å². The van der Waals surface area contributed by atoms with Crippen LogP contribution in [-0.2, 0) is 0 Å². The van der Waals surface area contributed by atoms with Crippen molar-refractivity contribution in [3.63, 3.8) is 0 Å². The Hall–Kier alpha value is -0.900. The lowest BCUT2D eigenvalue weighted by molar-refractivity contribution is 0.229. The molecule has 1 fully saturated rings. The van der Waals surface area contributed by atoms with E-state index in [1.165, 1.54) is 0 Å². The van der Waals surface area contributed by atoms with E-state index in [1.54, 1.807) is 12.3 Å². The molecule has 82 valence electrons. The van der Waals surface area contributed by atoms with Crippen LogP contribution in [0.5, 0.6) is 0 Å². The molecule has 0 saturated heterocycles. The van der Waals surface area contributed by atoms with E-state index in [0.717, 1.165) is 19.3 Å². The SMILES string of the molecule is F[C@@H]1CCCC[C@H]1Nc1nccc(Cl)n1. The van der Waals surface area contributed by atoms with Crippen molar-refractivity contribution in [2.45, 2.75) is 37.9 Å². The van der Waals surface area contributed by atoms with E-state index < -0.39 is 6.17 Å². The van der Waals surface area contributed by atoms with Gasteiger partial charge in [-0.25, -0.2) is 14.4 Å². The van der Waals surface area contributed by atoms with Gasteiger partial charge in [0.25, 0.3) is 0 Å². The largest absolute Gasteiger partial charge is 0.349 e. The van der Waals surface area contributed by atoms with E-state index >= 15 is 0 Å². The smallest absolute Gasteiger partial charge is 0.224 e. The predicted octanol–water partition coefficient (Wildman–Crippen LogP) is 2.82. The maximum absolute atomic E-state index is 13.5. The van der Waals surface area contributed by atoms with Crippen molar-refractivity contribution < 1.29 is 4.39 Å². The Morgan fingerprint density at radius 3 is 2.93 bits per heavy atom. The molecule has 0 radical (unpaired) electrons. The monoisotopic (exact) mass is 229 g/mol. The number of alkyl halides is 1. The summed E-state index contributed by atoms with van der Waals surface area (Å²) in [5.74, 6) is 0.414. The van der Waals surface area contributed by atoms with Crippen LogP contribution in [0.25, 0.3) is 0 Å². The molecule has 0 unspecified atom stereocenters. The molecule has 0 aromatic carbocycles. The first kappa shape index (κ1) is 10.6. The number of nitrogens with zero attached hydrogens (tertiary/aromatic N) is 2. The number of nitrogens with one attached hydrogen (secondary N) is 1. The van der Waals surface area contributed by atoms with E-state index in [0.29, 0.717) is 17.5 Å². The minimum Gasteiger partial charge on any atom is -0.349 e. The van der Waals surface area contributed by atoms with Crippen LogP contribution in [0.1, 0.15) is 25.7 Å². The molecule has 1 heterocycles. The molecule has 3 nitrogen and oxygen atoms in total. The Balaban J connectivity index is 2.01. The van der Waals surface area contributed by atoms with Crippen molar-refractivity contribution in [1.82, 2.24) is 9.97 Å². The molecule has 0 bridgehead atoms. The summed E-state index contributed by atoms with van der Waals surface area (Å²) in [6.45, 7) is 0. The molecule has 15 heavy (non-hydrogen) atoms. The quantitative estimate of drug-likeness (QED) is 0.793. The summed E-state index contributed by atoms with van der Waals surface area (Å²) in [5, 5.41) is 3.36. The van der Waals surface area contributed by atoms with Crippen LogP contribution >= 0.6 is 11.6 Å². The molecule has 1 aromatic heterocycles. The van der Waals surface area contributed by atoms with Gasteiger partial charge in [0.2, 0.25) is 5.95 Å². The first-order chi connectivity index (χ1) is 7.25. The molecule has 1 saturated carbocycles. The van der Waals surface area contributed by atoms with Crippen molar-refractivity contribution in [3.05, 3.63) is 17.4 Å². The van der Waals surface area contributed by atoms with Gasteiger partial charge in [0, 0.05) is 6.20 Å². The molecule has 2 atom stereocenters. The molecule has 0 aliphatic heterocycles. The Morgan fingerprint density at radius 1 is 1.40 bits per heavy atom. The minimum atomic E-state index is -0.804. The van der Waals surface area contributed by atoms with Gasteiger partial charge < -0.3 is 5.32 Å². The van der Waals surface area contributed by atoms with Gasteiger partial charge in [-0.1, -0.05) is 24.4 Å². The van der Waals surface area contributed by atoms with Gasteiger partial charge >= 0.3 is 0 Å². The Morgan fingerprint density at radius 2 is 2.20 bits per heavy atom. The zero-order chi connectivity index (χ0) is 10.7. The second-order valence-corrected chi connectivity index (χ2v) is 4.14. The van der Waals surface area contributed by atoms with Gasteiger partial charge in [0.05, 0.1) is 6.04 Å². The molecule has 0 amide bonds. The van der Waals surface area contributed by atoms with Crippen molar-refractivity contribution in [2.75, 3.05) is 5.32 Å². The average Bonchev–Trinajstić information content (AvgIpc) is 2.22. The van der Waals surface area contributed by atoms with Gasteiger partial charge in [-0.3, -0.25) is 0 Å². The van der Waals surface area contributed by atoms with Gasteiger partial charge in [0.15, 0.2) is 0 Å². The fourth-order valence-electron chi connectivity index (χ4n) is 1.82. The molecular formula is C10H13ClFN3. The highest BCUT2D eigenvalue weighted by atomic mass is 35.5. The van der Waals surface area contributed by atoms with Crippen molar-refractivity contribution in [3.8, 4) is 0 Å². The standard InChI is InChI=1S/C10H13ClFN3/c11-9-5-6-13-10(15-9)14-8-4-2-1-3-7(8)12/h5-8H,1-4H2,(H,13,14,15)/t7-,8-/m1/s1. The van der Waals surface area contributed by atoms with E-state index in [1.807, 2.05) is 0 Å². The number of anilines is 1. The Labute approximate surface area is 93.1 Å². The van der Waals surface area contributed by atoms with Gasteiger partial charge in [-0.05, 0) is 18.9 Å². The fourth-order valence-corrected chi connectivity index (χ4v) is 1.96. The summed E-state index contributed by atoms with van der Waals surface area (Å²) in [7, 11) is 0. The maximum atomic E-state index is 13.5. The second-order valence-electron chi connectivity index (χ2n) is 3.75. The molecule has 5 heteroatoms. The lowest BCUT2D eigenvalue weighted by atomic mass is 9.94. The average molecular weight is 230 g/mol. The molecule has 0 spiro atoms. The summed E-state index contributed by atoms with van der Waals surface area (Å²) >= 11 is 5.71. The summed E-state index contributed by atoms with van der Waals surface area (Å²) in [6, 6.07) is 1.43. The first-order valence-corrected chi connectivity index (χ1v) is 5.52. The minimum absolute atomic E-state index is 0.169. The normalized spacial score (nSPS) is 26.3. The molecule has 2 rings (SSSR count). The molecule has 1 aliphatic carbocycles. The van der Waals surface area contributed by atoms with Crippen molar-refractivity contribution in [1.29, 1.82) is 0 Å². The fraction of sp³-hybridized carbons (Fsp3) is 0.600. The van der Waals surface area contributed by atoms with Crippen LogP contribution in [0.3, 0.4) is 0 Å².